The van der Waals surface area contributed by atoms with Crippen LogP contribution in [0.5, 0.6) is 0 Å². The topological polar surface area (TPSA) is 29.9 Å². The number of nitrogens with one attached hydrogen (secondary N) is 1. The molecule has 0 aromatic carbocycles. The summed E-state index contributed by atoms with van der Waals surface area (Å²) in [7, 11) is 0. The maximum atomic E-state index is 4.47. The van der Waals surface area contributed by atoms with Gasteiger partial charge < -0.3 is 5.32 Å². The van der Waals surface area contributed by atoms with Crippen LogP contribution >= 0.6 is 0 Å². The smallest absolute Gasteiger partial charge is 0.0597 e. The molecule has 1 heterocycles. The van der Waals surface area contributed by atoms with Gasteiger partial charge in [0, 0.05) is 19.1 Å². The molecule has 2 rings (SSSR count). The van der Waals surface area contributed by atoms with E-state index in [-0.39, 0.29) is 0 Å². The average molecular weight is 221 g/mol. The zero-order chi connectivity index (χ0) is 11.5. The van der Waals surface area contributed by atoms with Gasteiger partial charge in [0.15, 0.2) is 0 Å². The third-order valence-electron chi connectivity index (χ3n) is 3.69. The summed E-state index contributed by atoms with van der Waals surface area (Å²) in [6.07, 6.45) is 4.09. The highest BCUT2D eigenvalue weighted by Crippen LogP contribution is 2.25. The molecule has 0 spiro atoms. The van der Waals surface area contributed by atoms with E-state index in [0.717, 1.165) is 24.7 Å². The van der Waals surface area contributed by atoms with E-state index < -0.39 is 0 Å². The van der Waals surface area contributed by atoms with Crippen LogP contribution in [0.2, 0.25) is 0 Å². The summed E-state index contributed by atoms with van der Waals surface area (Å²) in [4.78, 5) is 0. The van der Waals surface area contributed by atoms with Crippen LogP contribution in [-0.4, -0.2) is 15.8 Å². The zero-order valence-corrected chi connectivity index (χ0v) is 10.7. The predicted molar refractivity (Wildman–Crippen MR) is 66.3 cm³/mol. The van der Waals surface area contributed by atoms with Gasteiger partial charge in [-0.05, 0) is 38.7 Å². The quantitative estimate of drug-likeness (QED) is 0.846. The lowest BCUT2D eigenvalue weighted by molar-refractivity contribution is 0.417. The van der Waals surface area contributed by atoms with Crippen molar-refractivity contribution in [2.45, 2.75) is 59.2 Å². The van der Waals surface area contributed by atoms with Crippen molar-refractivity contribution in [2.75, 3.05) is 0 Å². The molecule has 90 valence electrons. The molecule has 1 fully saturated rings. The predicted octanol–water partition coefficient (Wildman–Crippen LogP) is 2.49. The summed E-state index contributed by atoms with van der Waals surface area (Å²) < 4.78 is 2.10. The Morgan fingerprint density at radius 3 is 2.94 bits per heavy atom. The van der Waals surface area contributed by atoms with E-state index in [9.17, 15) is 0 Å². The van der Waals surface area contributed by atoms with Gasteiger partial charge >= 0.3 is 0 Å². The number of rotatable bonds is 4. The minimum absolute atomic E-state index is 0.709. The number of aromatic nitrogens is 2. The fourth-order valence-electron chi connectivity index (χ4n) is 2.70. The van der Waals surface area contributed by atoms with E-state index in [0.29, 0.717) is 6.04 Å². The number of aryl methyl sites for hydroxylation is 2. The van der Waals surface area contributed by atoms with Crippen molar-refractivity contribution >= 4 is 0 Å². The van der Waals surface area contributed by atoms with Gasteiger partial charge in [-0.1, -0.05) is 13.3 Å². The number of nitrogens with zero attached hydrogens (tertiary/aromatic N) is 2. The van der Waals surface area contributed by atoms with Crippen LogP contribution < -0.4 is 5.32 Å². The van der Waals surface area contributed by atoms with E-state index in [2.05, 4.69) is 41.9 Å². The molecule has 1 aromatic rings. The van der Waals surface area contributed by atoms with Crippen LogP contribution in [0.3, 0.4) is 0 Å². The Bertz CT molecular complexity index is 343. The molecular weight excluding hydrogens is 198 g/mol. The highest BCUT2D eigenvalue weighted by atomic mass is 15.3. The van der Waals surface area contributed by atoms with Crippen molar-refractivity contribution < 1.29 is 0 Å². The summed E-state index contributed by atoms with van der Waals surface area (Å²) in [6.45, 7) is 8.49. The number of hydrogen-bond acceptors (Lipinski definition) is 2. The van der Waals surface area contributed by atoms with Crippen LogP contribution in [0.1, 0.15) is 44.5 Å². The summed E-state index contributed by atoms with van der Waals surface area (Å²) in [5.74, 6) is 0.832. The molecule has 1 saturated carbocycles. The summed E-state index contributed by atoms with van der Waals surface area (Å²) >= 11 is 0. The molecule has 0 amide bonds. The molecule has 1 N–H and O–H groups in total. The Morgan fingerprint density at radius 2 is 2.31 bits per heavy atom. The first kappa shape index (κ1) is 11.6. The van der Waals surface area contributed by atoms with E-state index in [4.69, 9.17) is 0 Å². The standard InChI is InChI=1S/C13H23N3/c1-4-16-12(8-11(3)15-16)9-14-13-7-5-6-10(13)2/h8,10,13-14H,4-7,9H2,1-3H3. The molecule has 16 heavy (non-hydrogen) atoms. The first-order chi connectivity index (χ1) is 7.70. The molecule has 3 heteroatoms. The Hall–Kier alpha value is -0.830. The third-order valence-corrected chi connectivity index (χ3v) is 3.69. The molecule has 1 aromatic heterocycles. The van der Waals surface area contributed by atoms with Crippen LogP contribution in [0.15, 0.2) is 6.07 Å². The molecule has 1 aliphatic rings. The lowest BCUT2D eigenvalue weighted by atomic mass is 10.1. The third kappa shape index (κ3) is 2.46. The minimum atomic E-state index is 0.709. The van der Waals surface area contributed by atoms with E-state index in [1.807, 2.05) is 0 Å². The van der Waals surface area contributed by atoms with Crippen molar-refractivity contribution in [3.05, 3.63) is 17.5 Å². The molecule has 0 aliphatic heterocycles. The largest absolute Gasteiger partial charge is 0.308 e. The Morgan fingerprint density at radius 1 is 1.50 bits per heavy atom. The summed E-state index contributed by atoms with van der Waals surface area (Å²) in [5.41, 5.74) is 2.44. The van der Waals surface area contributed by atoms with Gasteiger partial charge in [-0.25, -0.2) is 0 Å². The minimum Gasteiger partial charge on any atom is -0.308 e. The second-order valence-electron chi connectivity index (χ2n) is 4.99. The lowest BCUT2D eigenvalue weighted by Crippen LogP contribution is -2.31. The van der Waals surface area contributed by atoms with Crippen LogP contribution in [0.4, 0.5) is 0 Å². The van der Waals surface area contributed by atoms with Crippen LogP contribution in [-0.2, 0) is 13.1 Å². The van der Waals surface area contributed by atoms with Gasteiger partial charge in [0.25, 0.3) is 0 Å². The van der Waals surface area contributed by atoms with Crippen molar-refractivity contribution in [1.82, 2.24) is 15.1 Å². The molecule has 0 radical (unpaired) electrons. The first-order valence-corrected chi connectivity index (χ1v) is 6.47. The number of hydrogen-bond donors (Lipinski definition) is 1. The molecule has 0 saturated heterocycles. The van der Waals surface area contributed by atoms with Gasteiger partial charge in [0.05, 0.1) is 11.4 Å². The normalized spacial score (nSPS) is 25.2. The van der Waals surface area contributed by atoms with E-state index in [1.165, 1.54) is 25.0 Å². The Kier molecular flexibility index (Phi) is 3.64. The summed E-state index contributed by atoms with van der Waals surface area (Å²) in [6, 6.07) is 2.90. The molecule has 2 unspecified atom stereocenters. The lowest BCUT2D eigenvalue weighted by Gasteiger charge is -2.17. The fourth-order valence-corrected chi connectivity index (χ4v) is 2.70. The molecule has 3 nitrogen and oxygen atoms in total. The van der Waals surface area contributed by atoms with Gasteiger partial charge in [-0.15, -0.1) is 0 Å². The van der Waals surface area contributed by atoms with E-state index >= 15 is 0 Å². The second-order valence-corrected chi connectivity index (χ2v) is 4.99. The van der Waals surface area contributed by atoms with Crippen molar-refractivity contribution in [1.29, 1.82) is 0 Å². The Balaban J connectivity index is 1.93. The van der Waals surface area contributed by atoms with Gasteiger partial charge in [-0.2, -0.15) is 5.10 Å². The molecular formula is C13H23N3. The average Bonchev–Trinajstić information content (AvgIpc) is 2.81. The van der Waals surface area contributed by atoms with Crippen molar-refractivity contribution in [2.24, 2.45) is 5.92 Å². The maximum Gasteiger partial charge on any atom is 0.0597 e. The maximum absolute atomic E-state index is 4.47. The van der Waals surface area contributed by atoms with Gasteiger partial charge in [0.2, 0.25) is 0 Å². The van der Waals surface area contributed by atoms with Crippen LogP contribution in [0, 0.1) is 12.8 Å². The highest BCUT2D eigenvalue weighted by molar-refractivity contribution is 5.09. The first-order valence-electron chi connectivity index (χ1n) is 6.47. The second kappa shape index (κ2) is 5.00. The molecule has 1 aliphatic carbocycles. The highest BCUT2D eigenvalue weighted by Gasteiger charge is 2.22. The summed E-state index contributed by atoms with van der Waals surface area (Å²) in [5, 5.41) is 8.14. The zero-order valence-electron chi connectivity index (χ0n) is 10.7. The SMILES string of the molecule is CCn1nc(C)cc1CNC1CCCC1C. The molecule has 2 atom stereocenters. The monoisotopic (exact) mass is 221 g/mol. The molecule has 0 bridgehead atoms. The fraction of sp³-hybridized carbons (Fsp3) is 0.769. The van der Waals surface area contributed by atoms with Gasteiger partial charge in [-0.3, -0.25) is 4.68 Å². The van der Waals surface area contributed by atoms with Gasteiger partial charge in [0.1, 0.15) is 0 Å². The van der Waals surface area contributed by atoms with Crippen molar-refractivity contribution in [3.63, 3.8) is 0 Å². The van der Waals surface area contributed by atoms with Crippen LogP contribution in [0.25, 0.3) is 0 Å². The van der Waals surface area contributed by atoms with E-state index in [1.54, 1.807) is 0 Å². The van der Waals surface area contributed by atoms with Crippen molar-refractivity contribution in [3.8, 4) is 0 Å². The Labute approximate surface area is 98.2 Å².